The minimum atomic E-state index is -0.0966. The van der Waals surface area contributed by atoms with E-state index in [1.54, 1.807) is 0 Å². The van der Waals surface area contributed by atoms with Crippen molar-refractivity contribution in [3.8, 4) is 5.75 Å². The summed E-state index contributed by atoms with van der Waals surface area (Å²) in [5.41, 5.74) is 2.16. The molecule has 0 saturated carbocycles. The Morgan fingerprint density at radius 2 is 1.75 bits per heavy atom. The van der Waals surface area contributed by atoms with E-state index in [0.717, 1.165) is 16.9 Å². The van der Waals surface area contributed by atoms with Gasteiger partial charge in [0.1, 0.15) is 12.4 Å². The molecule has 1 amide bonds. The number of rotatable bonds is 11. The number of amides is 1. The Labute approximate surface area is 144 Å². The van der Waals surface area contributed by atoms with Gasteiger partial charge in [-0.25, -0.2) is 0 Å². The number of hydrogen-bond donors (Lipinski definition) is 3. The second-order valence-electron chi connectivity index (χ2n) is 6.04. The van der Waals surface area contributed by atoms with Gasteiger partial charge in [-0.2, -0.15) is 0 Å². The molecule has 0 bridgehead atoms. The van der Waals surface area contributed by atoms with Gasteiger partial charge in [-0.05, 0) is 31.9 Å². The highest BCUT2D eigenvalue weighted by atomic mass is 16.5. The summed E-state index contributed by atoms with van der Waals surface area (Å²) in [5.74, 6) is 0.809. The summed E-state index contributed by atoms with van der Waals surface area (Å²) in [6.07, 6.45) is 0.327. The van der Waals surface area contributed by atoms with Crippen LogP contribution in [0.15, 0.2) is 18.2 Å². The number of nitrogens with one attached hydrogen (secondary N) is 1. The molecular weight excluding hydrogens is 308 g/mol. The van der Waals surface area contributed by atoms with Crippen LogP contribution >= 0.6 is 0 Å². The Hall–Kier alpha value is -1.63. The fraction of sp³-hybridized carbons (Fsp3) is 0.611. The van der Waals surface area contributed by atoms with Crippen molar-refractivity contribution in [2.75, 3.05) is 39.5 Å². The number of ether oxygens (including phenoxy) is 1. The maximum Gasteiger partial charge on any atom is 0.221 e. The van der Waals surface area contributed by atoms with Crippen LogP contribution in [0.3, 0.4) is 0 Å². The molecule has 0 spiro atoms. The Kier molecular flexibility index (Phi) is 9.37. The third-order valence-electron chi connectivity index (χ3n) is 3.78. The highest BCUT2D eigenvalue weighted by Crippen LogP contribution is 2.22. The van der Waals surface area contributed by atoms with E-state index in [2.05, 4.69) is 5.32 Å². The Morgan fingerprint density at radius 1 is 1.17 bits per heavy atom. The molecule has 0 aliphatic carbocycles. The van der Waals surface area contributed by atoms with E-state index < -0.39 is 0 Å². The molecule has 1 atom stereocenters. The molecule has 136 valence electrons. The summed E-state index contributed by atoms with van der Waals surface area (Å²) in [5, 5.41) is 20.8. The first kappa shape index (κ1) is 20.4. The molecule has 1 aromatic carbocycles. The zero-order valence-electron chi connectivity index (χ0n) is 14.9. The number of hydrogen-bond acceptors (Lipinski definition) is 5. The summed E-state index contributed by atoms with van der Waals surface area (Å²) in [6, 6.07) is 5.90. The van der Waals surface area contributed by atoms with E-state index >= 15 is 0 Å². The second kappa shape index (κ2) is 11.0. The van der Waals surface area contributed by atoms with Gasteiger partial charge in [0.05, 0.1) is 19.3 Å². The lowest BCUT2D eigenvalue weighted by atomic mass is 10.1. The molecule has 0 aliphatic heterocycles. The second-order valence-corrected chi connectivity index (χ2v) is 6.04. The lowest BCUT2D eigenvalue weighted by molar-refractivity contribution is -0.122. The molecule has 1 aromatic rings. The predicted molar refractivity (Wildman–Crippen MR) is 94.2 cm³/mol. The fourth-order valence-electron chi connectivity index (χ4n) is 2.50. The number of para-hydroxylation sites is 1. The summed E-state index contributed by atoms with van der Waals surface area (Å²) in [4.78, 5) is 13.9. The Morgan fingerprint density at radius 3 is 2.29 bits per heavy atom. The number of aryl methyl sites for hydroxylation is 2. The lowest BCUT2D eigenvalue weighted by Gasteiger charge is -2.21. The third-order valence-corrected chi connectivity index (χ3v) is 3.78. The lowest BCUT2D eigenvalue weighted by Crippen LogP contribution is -2.39. The quantitative estimate of drug-likeness (QED) is 0.558. The van der Waals surface area contributed by atoms with Gasteiger partial charge in [0.2, 0.25) is 5.91 Å². The molecule has 6 nitrogen and oxygen atoms in total. The summed E-state index contributed by atoms with van der Waals surface area (Å²) >= 11 is 0. The molecule has 1 rings (SSSR count). The van der Waals surface area contributed by atoms with Gasteiger partial charge < -0.3 is 20.3 Å². The van der Waals surface area contributed by atoms with E-state index in [0.29, 0.717) is 32.7 Å². The molecule has 0 radical (unpaired) electrons. The van der Waals surface area contributed by atoms with Crippen LogP contribution < -0.4 is 10.1 Å². The molecule has 0 fully saturated rings. The van der Waals surface area contributed by atoms with Crippen LogP contribution in [0.25, 0.3) is 0 Å². The maximum atomic E-state index is 12.0. The van der Waals surface area contributed by atoms with Crippen molar-refractivity contribution in [2.45, 2.75) is 33.2 Å². The number of aliphatic hydroxyl groups excluding tert-OH is 2. The van der Waals surface area contributed by atoms with Gasteiger partial charge in [-0.1, -0.05) is 18.2 Å². The highest BCUT2D eigenvalue weighted by molar-refractivity contribution is 5.76. The topological polar surface area (TPSA) is 82.0 Å². The number of carbonyl (C=O) groups is 1. The number of benzene rings is 1. The largest absolute Gasteiger partial charge is 0.491 e. The zero-order valence-corrected chi connectivity index (χ0v) is 14.9. The first-order chi connectivity index (χ1) is 11.5. The summed E-state index contributed by atoms with van der Waals surface area (Å²) in [7, 11) is 0. The molecule has 3 N–H and O–H groups in total. The highest BCUT2D eigenvalue weighted by Gasteiger charge is 2.12. The minimum absolute atomic E-state index is 0.0155. The minimum Gasteiger partial charge on any atom is -0.491 e. The molecule has 0 heterocycles. The molecule has 0 aromatic heterocycles. The van der Waals surface area contributed by atoms with Crippen molar-refractivity contribution in [1.29, 1.82) is 0 Å². The van der Waals surface area contributed by atoms with Crippen molar-refractivity contribution in [3.05, 3.63) is 29.3 Å². The number of carbonyl (C=O) groups excluding carboxylic acids is 1. The Balaban J connectivity index is 2.36. The van der Waals surface area contributed by atoms with E-state index in [1.165, 1.54) is 0 Å². The van der Waals surface area contributed by atoms with Crippen LogP contribution in [0.5, 0.6) is 5.75 Å². The standard InChI is InChI=1S/C18H30N2O4/c1-14-5-4-6-15(2)18(14)24-13-16(3)19-17(23)7-8-20(9-11-21)10-12-22/h4-6,16,21-22H,7-13H2,1-3H3,(H,19,23)/t16-/m1/s1. The first-order valence-corrected chi connectivity index (χ1v) is 8.40. The van der Waals surface area contributed by atoms with Gasteiger partial charge in [0, 0.05) is 26.1 Å². The molecule has 24 heavy (non-hydrogen) atoms. The average molecular weight is 338 g/mol. The average Bonchev–Trinajstić information content (AvgIpc) is 2.52. The number of aliphatic hydroxyl groups is 2. The smallest absolute Gasteiger partial charge is 0.221 e. The molecular formula is C18H30N2O4. The zero-order chi connectivity index (χ0) is 17.9. The summed E-state index contributed by atoms with van der Waals surface area (Å²) in [6.45, 7) is 7.78. The van der Waals surface area contributed by atoms with Crippen LogP contribution in [0.2, 0.25) is 0 Å². The molecule has 0 aliphatic rings. The molecule has 6 heteroatoms. The van der Waals surface area contributed by atoms with Crippen molar-refractivity contribution in [3.63, 3.8) is 0 Å². The van der Waals surface area contributed by atoms with Gasteiger partial charge in [-0.3, -0.25) is 9.69 Å². The van der Waals surface area contributed by atoms with Crippen molar-refractivity contribution >= 4 is 5.91 Å². The first-order valence-electron chi connectivity index (χ1n) is 8.40. The van der Waals surface area contributed by atoms with E-state index in [9.17, 15) is 4.79 Å². The predicted octanol–water partition coefficient (Wildman–Crippen LogP) is 0.864. The summed E-state index contributed by atoms with van der Waals surface area (Å²) < 4.78 is 5.84. The van der Waals surface area contributed by atoms with Gasteiger partial charge in [-0.15, -0.1) is 0 Å². The van der Waals surface area contributed by atoms with Crippen LogP contribution in [0.4, 0.5) is 0 Å². The Bertz CT molecular complexity index is 482. The molecule has 0 unspecified atom stereocenters. The number of nitrogens with zero attached hydrogens (tertiary/aromatic N) is 1. The van der Waals surface area contributed by atoms with Crippen LogP contribution in [-0.2, 0) is 4.79 Å². The van der Waals surface area contributed by atoms with Gasteiger partial charge in [0.25, 0.3) is 0 Å². The van der Waals surface area contributed by atoms with E-state index in [4.69, 9.17) is 14.9 Å². The molecule has 0 saturated heterocycles. The fourth-order valence-corrected chi connectivity index (χ4v) is 2.50. The van der Waals surface area contributed by atoms with Gasteiger partial charge in [0.15, 0.2) is 0 Å². The van der Waals surface area contributed by atoms with Crippen LogP contribution in [0, 0.1) is 13.8 Å². The van der Waals surface area contributed by atoms with Crippen LogP contribution in [-0.4, -0.2) is 66.5 Å². The monoisotopic (exact) mass is 338 g/mol. The van der Waals surface area contributed by atoms with Crippen molar-refractivity contribution in [1.82, 2.24) is 10.2 Å². The van der Waals surface area contributed by atoms with Gasteiger partial charge >= 0.3 is 0 Å². The third kappa shape index (κ3) is 7.29. The maximum absolute atomic E-state index is 12.0. The van der Waals surface area contributed by atoms with Crippen LogP contribution in [0.1, 0.15) is 24.5 Å². The van der Waals surface area contributed by atoms with Crippen molar-refractivity contribution < 1.29 is 19.7 Å². The SMILES string of the molecule is Cc1cccc(C)c1OC[C@@H](C)NC(=O)CCN(CCO)CCO. The van der Waals surface area contributed by atoms with E-state index in [-0.39, 0.29) is 25.2 Å². The normalized spacial score (nSPS) is 12.2. The van der Waals surface area contributed by atoms with E-state index in [1.807, 2.05) is 43.9 Å². The van der Waals surface area contributed by atoms with Crippen molar-refractivity contribution in [2.24, 2.45) is 0 Å².